The third kappa shape index (κ3) is 4.96. The van der Waals surface area contributed by atoms with Gasteiger partial charge in [0.2, 0.25) is 0 Å². The van der Waals surface area contributed by atoms with Crippen molar-refractivity contribution >= 4 is 11.6 Å². The quantitative estimate of drug-likeness (QED) is 0.643. The minimum atomic E-state index is 0.109. The molecule has 2 nitrogen and oxygen atoms in total. The molecule has 0 saturated heterocycles. The van der Waals surface area contributed by atoms with Crippen LogP contribution in [0.2, 0.25) is 0 Å². The summed E-state index contributed by atoms with van der Waals surface area (Å²) < 4.78 is 0. The van der Waals surface area contributed by atoms with Gasteiger partial charge in [-0.1, -0.05) is 6.92 Å². The number of alkyl halides is 1. The van der Waals surface area contributed by atoms with Crippen LogP contribution in [0, 0.1) is 0 Å². The lowest BCUT2D eigenvalue weighted by molar-refractivity contribution is 0.335. The van der Waals surface area contributed by atoms with E-state index in [0.29, 0.717) is 5.88 Å². The van der Waals surface area contributed by atoms with Gasteiger partial charge in [0.05, 0.1) is 0 Å². The molecular formula is C9H21ClN2. The third-order valence-corrected chi connectivity index (χ3v) is 2.78. The van der Waals surface area contributed by atoms with Gasteiger partial charge in [0.15, 0.2) is 0 Å². The van der Waals surface area contributed by atoms with E-state index in [9.17, 15) is 0 Å². The number of nitrogens with one attached hydrogen (secondary N) is 1. The minimum Gasteiger partial charge on any atom is -0.309 e. The van der Waals surface area contributed by atoms with Crippen molar-refractivity contribution in [3.63, 3.8) is 0 Å². The number of hydrogen-bond acceptors (Lipinski definition) is 2. The molecule has 0 bridgehead atoms. The second-order valence-corrected chi connectivity index (χ2v) is 4.05. The first-order valence-corrected chi connectivity index (χ1v) is 5.03. The van der Waals surface area contributed by atoms with E-state index < -0.39 is 0 Å². The highest BCUT2D eigenvalue weighted by Gasteiger charge is 2.18. The molecule has 0 fully saturated rings. The number of halogens is 1. The summed E-state index contributed by atoms with van der Waals surface area (Å²) in [5, 5.41) is 3.45. The van der Waals surface area contributed by atoms with Crippen molar-refractivity contribution in [1.29, 1.82) is 0 Å². The molecular weight excluding hydrogens is 172 g/mol. The van der Waals surface area contributed by atoms with Crippen LogP contribution in [0.1, 0.15) is 20.3 Å². The molecule has 0 amide bonds. The van der Waals surface area contributed by atoms with Gasteiger partial charge in [-0.05, 0) is 27.4 Å². The average molecular weight is 193 g/mol. The molecule has 74 valence electrons. The van der Waals surface area contributed by atoms with Gasteiger partial charge in [-0.25, -0.2) is 0 Å². The number of hydrogen-bond donors (Lipinski definition) is 1. The van der Waals surface area contributed by atoms with E-state index in [2.05, 4.69) is 38.2 Å². The summed E-state index contributed by atoms with van der Waals surface area (Å²) in [4.78, 5) is 2.16. The van der Waals surface area contributed by atoms with E-state index in [1.807, 2.05) is 0 Å². The van der Waals surface area contributed by atoms with Crippen LogP contribution < -0.4 is 5.32 Å². The number of likely N-dealkylation sites (N-methyl/N-ethyl adjacent to an activating group) is 1. The Hall–Kier alpha value is 0.210. The van der Waals surface area contributed by atoms with Crippen LogP contribution in [0.25, 0.3) is 0 Å². The van der Waals surface area contributed by atoms with Gasteiger partial charge in [0.25, 0.3) is 0 Å². The van der Waals surface area contributed by atoms with E-state index in [-0.39, 0.29) is 5.54 Å². The lowest BCUT2D eigenvalue weighted by Crippen LogP contribution is -2.46. The lowest BCUT2D eigenvalue weighted by atomic mass is 10.0. The molecule has 0 radical (unpaired) electrons. The molecule has 0 aliphatic heterocycles. The Kier molecular flexibility index (Phi) is 5.89. The Bertz CT molecular complexity index is 111. The van der Waals surface area contributed by atoms with Crippen molar-refractivity contribution in [3.05, 3.63) is 0 Å². The fourth-order valence-electron chi connectivity index (χ4n) is 0.848. The van der Waals surface area contributed by atoms with E-state index in [1.54, 1.807) is 0 Å². The van der Waals surface area contributed by atoms with Crippen molar-refractivity contribution in [2.45, 2.75) is 25.8 Å². The zero-order chi connectivity index (χ0) is 9.61. The molecule has 0 aliphatic rings. The Morgan fingerprint density at radius 1 is 1.42 bits per heavy atom. The summed E-state index contributed by atoms with van der Waals surface area (Å²) in [6.07, 6.45) is 1.07. The highest BCUT2D eigenvalue weighted by atomic mass is 35.5. The van der Waals surface area contributed by atoms with Gasteiger partial charge in [-0.3, -0.25) is 0 Å². The Balaban J connectivity index is 3.58. The Morgan fingerprint density at radius 3 is 2.33 bits per heavy atom. The molecule has 0 rings (SSSR count). The molecule has 1 N–H and O–H groups in total. The number of rotatable bonds is 6. The highest BCUT2D eigenvalue weighted by Crippen LogP contribution is 2.10. The van der Waals surface area contributed by atoms with Gasteiger partial charge in [-0.15, -0.1) is 11.6 Å². The van der Waals surface area contributed by atoms with Crippen molar-refractivity contribution in [3.8, 4) is 0 Å². The van der Waals surface area contributed by atoms with Gasteiger partial charge in [0, 0.05) is 24.5 Å². The maximum Gasteiger partial charge on any atom is 0.0403 e. The van der Waals surface area contributed by atoms with Crippen LogP contribution in [-0.4, -0.2) is 43.5 Å². The topological polar surface area (TPSA) is 15.3 Å². The third-order valence-electron chi connectivity index (χ3n) is 2.19. The summed E-state index contributed by atoms with van der Waals surface area (Å²) in [5.74, 6) is 0.678. The summed E-state index contributed by atoms with van der Waals surface area (Å²) >= 11 is 5.85. The van der Waals surface area contributed by atoms with Crippen LogP contribution >= 0.6 is 11.6 Å². The normalized spacial score (nSPS) is 16.5. The fourth-order valence-corrected chi connectivity index (χ4v) is 1.13. The van der Waals surface area contributed by atoms with E-state index in [4.69, 9.17) is 11.6 Å². The zero-order valence-corrected chi connectivity index (χ0v) is 9.41. The molecule has 3 heteroatoms. The largest absolute Gasteiger partial charge is 0.309 e. The molecule has 1 atom stereocenters. The van der Waals surface area contributed by atoms with Crippen molar-refractivity contribution < 1.29 is 0 Å². The van der Waals surface area contributed by atoms with Crippen molar-refractivity contribution in [2.75, 3.05) is 33.1 Å². The second-order valence-electron chi connectivity index (χ2n) is 3.78. The molecule has 0 saturated carbocycles. The molecule has 0 spiro atoms. The van der Waals surface area contributed by atoms with Crippen LogP contribution in [0.15, 0.2) is 0 Å². The van der Waals surface area contributed by atoms with Gasteiger partial charge < -0.3 is 10.2 Å². The summed E-state index contributed by atoms with van der Waals surface area (Å²) in [5.41, 5.74) is 0.109. The first kappa shape index (κ1) is 12.2. The van der Waals surface area contributed by atoms with E-state index in [1.165, 1.54) is 0 Å². The monoisotopic (exact) mass is 192 g/mol. The van der Waals surface area contributed by atoms with Crippen LogP contribution in [0.4, 0.5) is 0 Å². The molecule has 0 heterocycles. The van der Waals surface area contributed by atoms with Crippen LogP contribution in [-0.2, 0) is 0 Å². The molecule has 0 aromatic heterocycles. The first-order valence-electron chi connectivity index (χ1n) is 4.50. The first-order chi connectivity index (χ1) is 5.54. The average Bonchev–Trinajstić information content (AvgIpc) is 2.03. The van der Waals surface area contributed by atoms with Gasteiger partial charge in [0.1, 0.15) is 0 Å². The molecule has 0 aromatic rings. The predicted molar refractivity (Wildman–Crippen MR) is 56.0 cm³/mol. The van der Waals surface area contributed by atoms with Gasteiger partial charge >= 0.3 is 0 Å². The van der Waals surface area contributed by atoms with Crippen LogP contribution in [0.5, 0.6) is 0 Å². The van der Waals surface area contributed by atoms with Crippen molar-refractivity contribution in [1.82, 2.24) is 10.2 Å². The maximum atomic E-state index is 5.85. The smallest absolute Gasteiger partial charge is 0.0403 e. The molecule has 0 aliphatic carbocycles. The Labute approximate surface area is 81.3 Å². The zero-order valence-electron chi connectivity index (χ0n) is 8.65. The summed E-state index contributed by atoms with van der Waals surface area (Å²) in [6, 6.07) is 0. The second kappa shape index (κ2) is 5.79. The Morgan fingerprint density at radius 2 is 2.00 bits per heavy atom. The minimum absolute atomic E-state index is 0.109. The molecule has 12 heavy (non-hydrogen) atoms. The highest BCUT2D eigenvalue weighted by molar-refractivity contribution is 6.18. The lowest BCUT2D eigenvalue weighted by Gasteiger charge is -2.27. The summed E-state index contributed by atoms with van der Waals surface area (Å²) in [6.45, 7) is 6.39. The van der Waals surface area contributed by atoms with E-state index in [0.717, 1.165) is 19.5 Å². The van der Waals surface area contributed by atoms with Crippen molar-refractivity contribution in [2.24, 2.45) is 0 Å². The fraction of sp³-hybridized carbons (Fsp3) is 1.00. The van der Waals surface area contributed by atoms with Crippen LogP contribution in [0.3, 0.4) is 0 Å². The van der Waals surface area contributed by atoms with E-state index >= 15 is 0 Å². The number of nitrogens with zero attached hydrogens (tertiary/aromatic N) is 1. The maximum absolute atomic E-state index is 5.85. The SMILES string of the molecule is CCC(C)(CCl)NCCN(C)C. The standard InChI is InChI=1S/C9H21ClN2/c1-5-9(2,8-10)11-6-7-12(3)4/h11H,5-8H2,1-4H3. The molecule has 0 aromatic carbocycles. The molecule has 1 unspecified atom stereocenters. The predicted octanol–water partition coefficient (Wildman–Crippen LogP) is 1.55. The summed E-state index contributed by atoms with van der Waals surface area (Å²) in [7, 11) is 4.15. The van der Waals surface area contributed by atoms with Gasteiger partial charge in [-0.2, -0.15) is 0 Å².